The van der Waals surface area contributed by atoms with Crippen LogP contribution in [-0.4, -0.2) is 9.97 Å². The number of rotatable bonds is 6. The van der Waals surface area contributed by atoms with Crippen LogP contribution in [0.15, 0.2) is 97.9 Å². The summed E-state index contributed by atoms with van der Waals surface area (Å²) in [6, 6.07) is 22.9. The molecule has 0 radical (unpaired) electrons. The van der Waals surface area contributed by atoms with Gasteiger partial charge in [0.2, 0.25) is 0 Å². The van der Waals surface area contributed by atoms with E-state index in [0.717, 1.165) is 26.4 Å². The van der Waals surface area contributed by atoms with Gasteiger partial charge in [-0.1, -0.05) is 59.9 Å². The van der Waals surface area contributed by atoms with Gasteiger partial charge < -0.3 is 5.32 Å². The van der Waals surface area contributed by atoms with Crippen molar-refractivity contribution in [3.8, 4) is 0 Å². The van der Waals surface area contributed by atoms with Crippen molar-refractivity contribution in [2.45, 2.75) is 26.5 Å². The Morgan fingerprint density at radius 1 is 0.857 bits per heavy atom. The lowest BCUT2D eigenvalue weighted by molar-refractivity contribution is 1.14. The lowest BCUT2D eigenvalue weighted by Crippen LogP contribution is -1.96. The minimum Gasteiger partial charge on any atom is -0.315 e. The first-order chi connectivity index (χ1) is 13.3. The van der Waals surface area contributed by atoms with E-state index < -0.39 is 0 Å². The highest BCUT2D eigenvalue weighted by Gasteiger charge is 2.11. The Bertz CT molecular complexity index is 1020. The number of pyridine rings is 1. The van der Waals surface area contributed by atoms with Gasteiger partial charge in [0, 0.05) is 26.3 Å². The van der Waals surface area contributed by atoms with Gasteiger partial charge in [-0.05, 0) is 37.3 Å². The van der Waals surface area contributed by atoms with E-state index in [9.17, 15) is 0 Å². The number of aromatic nitrogens is 2. The largest absolute Gasteiger partial charge is 0.315 e. The summed E-state index contributed by atoms with van der Waals surface area (Å²) in [6.07, 6.45) is 1.91. The van der Waals surface area contributed by atoms with Gasteiger partial charge in [-0.2, -0.15) is 0 Å². The number of halogens is 1. The second-order valence-corrected chi connectivity index (χ2v) is 8.89. The second kappa shape index (κ2) is 9.98. The standard InChI is InChI=1S/C21H17N3S3.ClH/c1-15-14-25-21(23-15)24-20-19(27-17-10-6-3-7-11-17)12-18(13-22-20)26-16-8-4-2-5-9-16;/h2-14H,1H3,(H,22,23,24);1H. The normalized spacial score (nSPS) is 10.3. The smallest absolute Gasteiger partial charge is 0.188 e. The topological polar surface area (TPSA) is 37.8 Å². The summed E-state index contributed by atoms with van der Waals surface area (Å²) in [5, 5.41) is 6.26. The summed E-state index contributed by atoms with van der Waals surface area (Å²) in [6.45, 7) is 1.99. The number of thiazole rings is 1. The molecule has 0 spiro atoms. The van der Waals surface area contributed by atoms with Crippen LogP contribution in [0.2, 0.25) is 0 Å². The third-order valence-corrected chi connectivity index (χ3v) is 6.50. The highest BCUT2D eigenvalue weighted by Crippen LogP contribution is 2.38. The third kappa shape index (κ3) is 5.52. The predicted molar refractivity (Wildman–Crippen MR) is 123 cm³/mol. The summed E-state index contributed by atoms with van der Waals surface area (Å²) in [7, 11) is 0. The van der Waals surface area contributed by atoms with Crippen LogP contribution in [0.4, 0.5) is 10.9 Å². The first kappa shape index (κ1) is 20.7. The molecule has 0 unspecified atom stereocenters. The molecular formula is C21H18ClN3S3. The van der Waals surface area contributed by atoms with Gasteiger partial charge >= 0.3 is 0 Å². The molecule has 0 saturated heterocycles. The van der Waals surface area contributed by atoms with E-state index in [1.807, 2.05) is 30.6 Å². The highest BCUT2D eigenvalue weighted by molar-refractivity contribution is 8.00. The molecular weight excluding hydrogens is 426 g/mol. The number of hydrogen-bond donors (Lipinski definition) is 1. The average molecular weight is 444 g/mol. The van der Waals surface area contributed by atoms with Crippen LogP contribution < -0.4 is 5.32 Å². The molecule has 0 saturated carbocycles. The van der Waals surface area contributed by atoms with Crippen molar-refractivity contribution in [3.05, 3.63) is 84.0 Å². The zero-order valence-electron chi connectivity index (χ0n) is 15.0. The fraction of sp³-hybridized carbons (Fsp3) is 0.0476. The minimum atomic E-state index is 0. The lowest BCUT2D eigenvalue weighted by Gasteiger charge is -2.11. The first-order valence-corrected chi connectivity index (χ1v) is 10.9. The maximum atomic E-state index is 4.69. The van der Waals surface area contributed by atoms with E-state index >= 15 is 0 Å². The van der Waals surface area contributed by atoms with Crippen molar-refractivity contribution in [3.63, 3.8) is 0 Å². The molecule has 0 fully saturated rings. The first-order valence-electron chi connectivity index (χ1n) is 8.41. The fourth-order valence-electron chi connectivity index (χ4n) is 2.41. The van der Waals surface area contributed by atoms with Crippen LogP contribution in [0.3, 0.4) is 0 Å². The Morgan fingerprint density at radius 3 is 2.11 bits per heavy atom. The minimum absolute atomic E-state index is 0. The molecule has 0 aliphatic rings. The highest BCUT2D eigenvalue weighted by atomic mass is 35.5. The van der Waals surface area contributed by atoms with Crippen LogP contribution in [-0.2, 0) is 0 Å². The van der Waals surface area contributed by atoms with Crippen molar-refractivity contribution >= 4 is 58.2 Å². The predicted octanol–water partition coefficient (Wildman–Crippen LogP) is 7.31. The molecule has 0 bridgehead atoms. The van der Waals surface area contributed by atoms with Crippen LogP contribution >= 0.6 is 47.3 Å². The van der Waals surface area contributed by atoms with Crippen molar-refractivity contribution in [1.82, 2.24) is 9.97 Å². The molecule has 1 N–H and O–H groups in total. The molecule has 0 atom stereocenters. The van der Waals surface area contributed by atoms with Crippen LogP contribution in [0.1, 0.15) is 5.69 Å². The second-order valence-electron chi connectivity index (χ2n) is 5.77. The SMILES string of the molecule is Cc1csc(Nc2ncc(Sc3ccccc3)cc2Sc2ccccc2)n1.Cl. The van der Waals surface area contributed by atoms with Crippen molar-refractivity contribution < 1.29 is 0 Å². The molecule has 7 heteroatoms. The molecule has 4 aromatic rings. The average Bonchev–Trinajstić information content (AvgIpc) is 3.10. The van der Waals surface area contributed by atoms with E-state index in [-0.39, 0.29) is 12.4 Å². The number of hydrogen-bond acceptors (Lipinski definition) is 6. The van der Waals surface area contributed by atoms with Crippen LogP contribution in [0.25, 0.3) is 0 Å². The molecule has 0 aliphatic carbocycles. The van der Waals surface area contributed by atoms with Crippen molar-refractivity contribution in [1.29, 1.82) is 0 Å². The van der Waals surface area contributed by atoms with Gasteiger partial charge in [0.15, 0.2) is 5.13 Å². The van der Waals surface area contributed by atoms with Crippen molar-refractivity contribution in [2.24, 2.45) is 0 Å². The monoisotopic (exact) mass is 443 g/mol. The van der Waals surface area contributed by atoms with Crippen LogP contribution in [0.5, 0.6) is 0 Å². The van der Waals surface area contributed by atoms with Gasteiger partial charge in [0.1, 0.15) is 5.82 Å². The number of nitrogens with one attached hydrogen (secondary N) is 1. The molecule has 2 aromatic heterocycles. The maximum absolute atomic E-state index is 4.69. The van der Waals surface area contributed by atoms with Crippen LogP contribution in [0, 0.1) is 6.92 Å². The van der Waals surface area contributed by atoms with E-state index in [2.05, 4.69) is 69.9 Å². The van der Waals surface area contributed by atoms with E-state index in [4.69, 9.17) is 0 Å². The summed E-state index contributed by atoms with van der Waals surface area (Å²) in [5.74, 6) is 0.829. The summed E-state index contributed by atoms with van der Waals surface area (Å²) in [5.41, 5.74) is 1.01. The Balaban J connectivity index is 0.00000225. The summed E-state index contributed by atoms with van der Waals surface area (Å²) >= 11 is 5.01. The van der Waals surface area contributed by atoms with Gasteiger partial charge in [-0.25, -0.2) is 9.97 Å². The fourth-order valence-corrected chi connectivity index (χ4v) is 4.95. The Hall–Kier alpha value is -1.99. The zero-order chi connectivity index (χ0) is 18.5. The maximum Gasteiger partial charge on any atom is 0.188 e. The Labute approximate surface area is 183 Å². The Morgan fingerprint density at radius 2 is 1.50 bits per heavy atom. The van der Waals surface area contributed by atoms with Gasteiger partial charge in [0.25, 0.3) is 0 Å². The number of nitrogens with zero attached hydrogens (tertiary/aromatic N) is 2. The molecule has 2 aromatic carbocycles. The van der Waals surface area contributed by atoms with E-state index in [0.29, 0.717) is 0 Å². The van der Waals surface area contributed by atoms with E-state index in [1.165, 1.54) is 9.79 Å². The molecule has 28 heavy (non-hydrogen) atoms. The molecule has 0 aliphatic heterocycles. The molecule has 4 rings (SSSR count). The summed E-state index contributed by atoms with van der Waals surface area (Å²) in [4.78, 5) is 13.8. The summed E-state index contributed by atoms with van der Waals surface area (Å²) < 4.78 is 0. The van der Waals surface area contributed by atoms with Crippen molar-refractivity contribution in [2.75, 3.05) is 5.32 Å². The molecule has 0 amide bonds. The Kier molecular flexibility index (Phi) is 7.39. The molecule has 142 valence electrons. The number of anilines is 2. The molecule has 2 heterocycles. The number of benzene rings is 2. The van der Waals surface area contributed by atoms with Gasteiger partial charge in [0.05, 0.1) is 10.6 Å². The third-order valence-electron chi connectivity index (χ3n) is 3.62. The lowest BCUT2D eigenvalue weighted by atomic mass is 10.4. The van der Waals surface area contributed by atoms with E-state index in [1.54, 1.807) is 34.9 Å². The van der Waals surface area contributed by atoms with Gasteiger partial charge in [-0.15, -0.1) is 23.7 Å². The number of aryl methyl sites for hydroxylation is 1. The van der Waals surface area contributed by atoms with Gasteiger partial charge in [-0.3, -0.25) is 0 Å². The quantitative estimate of drug-likeness (QED) is 0.338. The molecule has 3 nitrogen and oxygen atoms in total. The zero-order valence-corrected chi connectivity index (χ0v) is 18.3.